The quantitative estimate of drug-likeness (QED) is 0.787. The third kappa shape index (κ3) is 3.27. The second-order valence-electron chi connectivity index (χ2n) is 6.75. The third-order valence-electron chi connectivity index (χ3n) is 4.78. The highest BCUT2D eigenvalue weighted by Gasteiger charge is 2.26. The maximum atomic E-state index is 12.9. The fraction of sp³-hybridized carbons (Fsp3) is 0.350. The predicted octanol–water partition coefficient (Wildman–Crippen LogP) is 3.26. The Morgan fingerprint density at radius 1 is 1.19 bits per heavy atom. The van der Waals surface area contributed by atoms with Gasteiger partial charge in [-0.25, -0.2) is 4.98 Å². The maximum Gasteiger partial charge on any atom is 0.256 e. The molecule has 1 aliphatic rings. The van der Waals surface area contributed by atoms with Crippen LogP contribution in [0.3, 0.4) is 0 Å². The molecule has 26 heavy (non-hydrogen) atoms. The molecule has 0 atom stereocenters. The summed E-state index contributed by atoms with van der Waals surface area (Å²) < 4.78 is 6.01. The molecule has 0 spiro atoms. The van der Waals surface area contributed by atoms with Crippen LogP contribution >= 0.6 is 0 Å². The highest BCUT2D eigenvalue weighted by atomic mass is 16.5. The van der Waals surface area contributed by atoms with Gasteiger partial charge in [-0.2, -0.15) is 4.98 Å². The predicted molar refractivity (Wildman–Crippen MR) is 99.4 cm³/mol. The minimum absolute atomic E-state index is 0.0784. The molecule has 1 aliphatic heterocycles. The summed E-state index contributed by atoms with van der Waals surface area (Å²) in [5, 5.41) is 0.975. The molecule has 6 nitrogen and oxygen atoms in total. The number of rotatable bonds is 3. The van der Waals surface area contributed by atoms with Gasteiger partial charge in [-0.05, 0) is 19.9 Å². The van der Waals surface area contributed by atoms with Crippen molar-refractivity contribution >= 4 is 16.8 Å². The highest BCUT2D eigenvalue weighted by molar-refractivity contribution is 6.06. The molecule has 134 valence electrons. The zero-order valence-corrected chi connectivity index (χ0v) is 15.0. The molecule has 1 aromatic carbocycles. The van der Waals surface area contributed by atoms with Crippen molar-refractivity contribution in [2.45, 2.75) is 32.8 Å². The van der Waals surface area contributed by atoms with Gasteiger partial charge in [-0.1, -0.05) is 18.2 Å². The minimum atomic E-state index is 0.0784. The first-order valence-electron chi connectivity index (χ1n) is 8.94. The highest BCUT2D eigenvalue weighted by Crippen LogP contribution is 2.23. The van der Waals surface area contributed by atoms with E-state index in [0.717, 1.165) is 35.0 Å². The SMILES string of the molecule is Cc1cc(OC2CCN(C(=O)c3c[nH]c4ccccc34)CC2)nc(C)n1. The van der Waals surface area contributed by atoms with Crippen molar-refractivity contribution < 1.29 is 9.53 Å². The molecule has 3 aromatic rings. The van der Waals surface area contributed by atoms with E-state index in [-0.39, 0.29) is 12.0 Å². The normalized spacial score (nSPS) is 15.4. The Balaban J connectivity index is 1.41. The van der Waals surface area contributed by atoms with Gasteiger partial charge in [-0.15, -0.1) is 0 Å². The average Bonchev–Trinajstić information content (AvgIpc) is 3.05. The van der Waals surface area contributed by atoms with Crippen LogP contribution in [-0.2, 0) is 0 Å². The van der Waals surface area contributed by atoms with E-state index in [1.165, 1.54) is 0 Å². The number of piperidine rings is 1. The number of amides is 1. The van der Waals surface area contributed by atoms with Crippen LogP contribution in [0.2, 0.25) is 0 Å². The van der Waals surface area contributed by atoms with E-state index in [4.69, 9.17) is 4.74 Å². The fourth-order valence-corrected chi connectivity index (χ4v) is 3.51. The number of likely N-dealkylation sites (tertiary alicyclic amines) is 1. The van der Waals surface area contributed by atoms with Gasteiger partial charge in [0, 0.05) is 54.8 Å². The Morgan fingerprint density at radius 3 is 2.73 bits per heavy atom. The number of H-pyrrole nitrogens is 1. The zero-order valence-electron chi connectivity index (χ0n) is 15.0. The number of carbonyl (C=O) groups is 1. The lowest BCUT2D eigenvalue weighted by atomic mass is 10.1. The lowest BCUT2D eigenvalue weighted by Crippen LogP contribution is -2.41. The Morgan fingerprint density at radius 2 is 1.96 bits per heavy atom. The largest absolute Gasteiger partial charge is 0.474 e. The molecule has 1 amide bonds. The number of nitrogens with one attached hydrogen (secondary N) is 1. The summed E-state index contributed by atoms with van der Waals surface area (Å²) in [4.78, 5) is 26.6. The summed E-state index contributed by atoms with van der Waals surface area (Å²) in [7, 11) is 0. The summed E-state index contributed by atoms with van der Waals surface area (Å²) in [5.74, 6) is 1.41. The fourth-order valence-electron chi connectivity index (χ4n) is 3.51. The molecule has 0 radical (unpaired) electrons. The monoisotopic (exact) mass is 350 g/mol. The number of aromatic amines is 1. The molecule has 0 bridgehead atoms. The number of fused-ring (bicyclic) bond motifs is 1. The van der Waals surface area contributed by atoms with Crippen molar-refractivity contribution in [2.75, 3.05) is 13.1 Å². The van der Waals surface area contributed by atoms with E-state index in [0.29, 0.717) is 24.8 Å². The Bertz CT molecular complexity index is 922. The van der Waals surface area contributed by atoms with E-state index in [2.05, 4.69) is 15.0 Å². The first kappa shape index (κ1) is 16.6. The van der Waals surface area contributed by atoms with E-state index in [9.17, 15) is 4.79 Å². The molecule has 6 heteroatoms. The van der Waals surface area contributed by atoms with E-state index < -0.39 is 0 Å². The molecule has 1 N–H and O–H groups in total. The van der Waals surface area contributed by atoms with Gasteiger partial charge >= 0.3 is 0 Å². The van der Waals surface area contributed by atoms with Crippen LogP contribution < -0.4 is 4.74 Å². The Kier molecular flexibility index (Phi) is 4.32. The summed E-state index contributed by atoms with van der Waals surface area (Å²) in [6, 6.07) is 9.74. The summed E-state index contributed by atoms with van der Waals surface area (Å²) in [6.45, 7) is 5.17. The molecule has 3 heterocycles. The molecule has 1 fully saturated rings. The lowest BCUT2D eigenvalue weighted by molar-refractivity contribution is 0.0589. The summed E-state index contributed by atoms with van der Waals surface area (Å²) in [6.07, 6.45) is 3.49. The van der Waals surface area contributed by atoms with Gasteiger partial charge in [0.1, 0.15) is 11.9 Å². The van der Waals surface area contributed by atoms with Crippen LogP contribution in [0, 0.1) is 13.8 Å². The Labute approximate surface area is 152 Å². The zero-order chi connectivity index (χ0) is 18.1. The van der Waals surface area contributed by atoms with Gasteiger partial charge in [0.15, 0.2) is 0 Å². The van der Waals surface area contributed by atoms with E-state index >= 15 is 0 Å². The second kappa shape index (κ2) is 6.78. The van der Waals surface area contributed by atoms with Crippen molar-refractivity contribution in [3.8, 4) is 5.88 Å². The van der Waals surface area contributed by atoms with Crippen LogP contribution in [0.25, 0.3) is 10.9 Å². The molecular formula is C20H22N4O2. The van der Waals surface area contributed by atoms with Crippen molar-refractivity contribution in [1.29, 1.82) is 0 Å². The van der Waals surface area contributed by atoms with Crippen LogP contribution in [0.1, 0.15) is 34.7 Å². The lowest BCUT2D eigenvalue weighted by Gasteiger charge is -2.32. The van der Waals surface area contributed by atoms with Gasteiger partial charge < -0.3 is 14.6 Å². The number of aryl methyl sites for hydroxylation is 2. The number of nitrogens with zero attached hydrogens (tertiary/aromatic N) is 3. The maximum absolute atomic E-state index is 12.9. The van der Waals surface area contributed by atoms with Crippen molar-refractivity contribution in [2.24, 2.45) is 0 Å². The average molecular weight is 350 g/mol. The first-order valence-corrected chi connectivity index (χ1v) is 8.94. The number of para-hydroxylation sites is 1. The topological polar surface area (TPSA) is 71.1 Å². The molecule has 2 aromatic heterocycles. The molecular weight excluding hydrogens is 328 g/mol. The Hall–Kier alpha value is -2.89. The van der Waals surface area contributed by atoms with Gasteiger partial charge in [-0.3, -0.25) is 4.79 Å². The van der Waals surface area contributed by atoms with E-state index in [1.807, 2.05) is 55.3 Å². The molecule has 0 aliphatic carbocycles. The van der Waals surface area contributed by atoms with Crippen LogP contribution in [0.5, 0.6) is 5.88 Å². The molecule has 0 unspecified atom stereocenters. The number of benzene rings is 1. The van der Waals surface area contributed by atoms with E-state index in [1.54, 1.807) is 0 Å². The van der Waals surface area contributed by atoms with Crippen LogP contribution in [0.15, 0.2) is 36.5 Å². The minimum Gasteiger partial charge on any atom is -0.474 e. The third-order valence-corrected chi connectivity index (χ3v) is 4.78. The number of hydrogen-bond donors (Lipinski definition) is 1. The smallest absolute Gasteiger partial charge is 0.256 e. The number of hydrogen-bond acceptors (Lipinski definition) is 4. The van der Waals surface area contributed by atoms with Gasteiger partial charge in [0.2, 0.25) is 5.88 Å². The summed E-state index contributed by atoms with van der Waals surface area (Å²) in [5.41, 5.74) is 2.63. The van der Waals surface area contributed by atoms with Gasteiger partial charge in [0.25, 0.3) is 5.91 Å². The second-order valence-corrected chi connectivity index (χ2v) is 6.75. The summed E-state index contributed by atoms with van der Waals surface area (Å²) >= 11 is 0. The standard InChI is InChI=1S/C20H22N4O2/c1-13-11-19(23-14(2)22-13)26-15-7-9-24(10-8-15)20(25)17-12-21-18-6-4-3-5-16(17)18/h3-6,11-12,15,21H,7-10H2,1-2H3. The van der Waals surface area contributed by atoms with Crippen molar-refractivity contribution in [3.05, 3.63) is 53.6 Å². The number of aromatic nitrogens is 3. The van der Waals surface area contributed by atoms with Crippen LogP contribution in [0.4, 0.5) is 0 Å². The molecule has 1 saturated heterocycles. The molecule has 4 rings (SSSR count). The number of ether oxygens (including phenoxy) is 1. The first-order chi connectivity index (χ1) is 12.6. The van der Waals surface area contributed by atoms with Crippen molar-refractivity contribution in [3.63, 3.8) is 0 Å². The van der Waals surface area contributed by atoms with Crippen LogP contribution in [-0.4, -0.2) is 45.0 Å². The van der Waals surface area contributed by atoms with Gasteiger partial charge in [0.05, 0.1) is 5.56 Å². The molecule has 0 saturated carbocycles. The van der Waals surface area contributed by atoms with Crippen molar-refractivity contribution in [1.82, 2.24) is 19.9 Å². The number of carbonyl (C=O) groups excluding carboxylic acids is 1.